The van der Waals surface area contributed by atoms with Gasteiger partial charge in [0, 0.05) is 41.7 Å². The van der Waals surface area contributed by atoms with Crippen LogP contribution in [0.4, 0.5) is 5.69 Å². The van der Waals surface area contributed by atoms with Crippen molar-refractivity contribution >= 4 is 33.4 Å². The zero-order valence-corrected chi connectivity index (χ0v) is 25.3. The molecule has 0 atom stereocenters. The van der Waals surface area contributed by atoms with E-state index in [2.05, 4.69) is 21.3 Å². The van der Waals surface area contributed by atoms with Crippen molar-refractivity contribution in [2.75, 3.05) is 46.8 Å². The van der Waals surface area contributed by atoms with Crippen molar-refractivity contribution in [3.8, 4) is 23.0 Å². The maximum Gasteiger partial charge on any atom is 0.257 e. The van der Waals surface area contributed by atoms with Gasteiger partial charge in [0.1, 0.15) is 5.75 Å². The summed E-state index contributed by atoms with van der Waals surface area (Å²) in [5, 5.41) is 3.94. The average Bonchev–Trinajstić information content (AvgIpc) is 3.06. The van der Waals surface area contributed by atoms with Crippen molar-refractivity contribution in [3.05, 3.63) is 99.2 Å². The van der Waals surface area contributed by atoms with Gasteiger partial charge in [0.15, 0.2) is 16.9 Å². The maximum absolute atomic E-state index is 13.4. The van der Waals surface area contributed by atoms with Crippen LogP contribution in [0.3, 0.4) is 0 Å². The van der Waals surface area contributed by atoms with Gasteiger partial charge in [-0.05, 0) is 66.4 Å². The third-order valence-corrected chi connectivity index (χ3v) is 8.33. The summed E-state index contributed by atoms with van der Waals surface area (Å²) < 4.78 is 22.3. The van der Waals surface area contributed by atoms with Crippen LogP contribution in [0.1, 0.15) is 27.0 Å². The van der Waals surface area contributed by atoms with E-state index < -0.39 is 0 Å². The van der Waals surface area contributed by atoms with Gasteiger partial charge in [-0.25, -0.2) is 0 Å². The molecule has 6 rings (SSSR count). The minimum atomic E-state index is -0.304. The van der Waals surface area contributed by atoms with Crippen LogP contribution >= 0.6 is 0 Å². The Morgan fingerprint density at radius 3 is 2.25 bits per heavy atom. The fraction of sp³-hybridized carbons (Fsp3) is 0.257. The molecule has 9 nitrogen and oxygen atoms in total. The minimum absolute atomic E-state index is 0.152. The lowest BCUT2D eigenvalue weighted by Gasteiger charge is -2.31. The number of anilines is 1. The smallest absolute Gasteiger partial charge is 0.257 e. The first-order valence-electron chi connectivity index (χ1n) is 14.5. The number of para-hydroxylation sites is 2. The summed E-state index contributed by atoms with van der Waals surface area (Å²) in [4.78, 5) is 32.3. The fourth-order valence-electron chi connectivity index (χ4n) is 6.03. The number of carbonyl (C=O) groups is 1. The number of hydrogen-bond donors (Lipinski definition) is 2. The second kappa shape index (κ2) is 12.3. The quantitative estimate of drug-likeness (QED) is 0.216. The number of ether oxygens (including phenoxy) is 4. The summed E-state index contributed by atoms with van der Waals surface area (Å²) in [6.45, 7) is 2.58. The Labute approximate surface area is 255 Å². The number of amides is 1. The predicted octanol–water partition coefficient (Wildman–Crippen LogP) is 5.57. The molecule has 0 unspecified atom stereocenters. The number of methoxy groups -OCH3 is 4. The Morgan fingerprint density at radius 2 is 1.55 bits per heavy atom. The number of carbonyl (C=O) groups excluding carboxylic acids is 1. The summed E-state index contributed by atoms with van der Waals surface area (Å²) in [7, 11) is 6.48. The van der Waals surface area contributed by atoms with Crippen LogP contribution < -0.4 is 29.7 Å². The molecule has 1 aliphatic heterocycles. The van der Waals surface area contributed by atoms with E-state index in [1.54, 1.807) is 64.8 Å². The maximum atomic E-state index is 13.4. The van der Waals surface area contributed by atoms with Gasteiger partial charge in [0.05, 0.1) is 45.0 Å². The van der Waals surface area contributed by atoms with Crippen molar-refractivity contribution in [2.45, 2.75) is 19.4 Å². The molecular formula is C35H35N3O6. The average molecular weight is 594 g/mol. The van der Waals surface area contributed by atoms with Gasteiger partial charge in [-0.1, -0.05) is 24.3 Å². The van der Waals surface area contributed by atoms with Crippen LogP contribution in [0, 0.1) is 0 Å². The Kier molecular flexibility index (Phi) is 8.13. The van der Waals surface area contributed by atoms with Crippen molar-refractivity contribution in [1.29, 1.82) is 0 Å². The Hall–Kier alpha value is -5.02. The highest BCUT2D eigenvalue weighted by molar-refractivity contribution is 6.13. The molecule has 0 radical (unpaired) electrons. The molecule has 9 heteroatoms. The summed E-state index contributed by atoms with van der Waals surface area (Å²) in [6, 6.07) is 20.4. The minimum Gasteiger partial charge on any atom is -0.495 e. The molecule has 0 fully saturated rings. The van der Waals surface area contributed by atoms with E-state index in [-0.39, 0.29) is 11.3 Å². The van der Waals surface area contributed by atoms with Crippen LogP contribution in [0.25, 0.3) is 21.8 Å². The highest BCUT2D eigenvalue weighted by Gasteiger charge is 2.25. The molecular weight excluding hydrogens is 558 g/mol. The molecule has 0 saturated heterocycles. The van der Waals surface area contributed by atoms with Crippen LogP contribution in [0.15, 0.2) is 71.5 Å². The predicted molar refractivity (Wildman–Crippen MR) is 172 cm³/mol. The second-order valence-electron chi connectivity index (χ2n) is 10.8. The summed E-state index contributed by atoms with van der Waals surface area (Å²) in [5.74, 6) is 2.28. The summed E-state index contributed by atoms with van der Waals surface area (Å²) in [6.07, 6.45) is 1.76. The lowest BCUT2D eigenvalue weighted by atomic mass is 9.97. The molecule has 2 N–H and O–H groups in total. The lowest BCUT2D eigenvalue weighted by molar-refractivity contribution is 0.102. The van der Waals surface area contributed by atoms with E-state index in [9.17, 15) is 9.59 Å². The second-order valence-corrected chi connectivity index (χ2v) is 10.8. The normalized spacial score (nSPS) is 13.0. The fourth-order valence-corrected chi connectivity index (χ4v) is 6.03. The Morgan fingerprint density at radius 1 is 0.841 bits per heavy atom. The van der Waals surface area contributed by atoms with Crippen molar-refractivity contribution < 1.29 is 23.7 Å². The molecule has 0 saturated carbocycles. The topological polar surface area (TPSA) is 102 Å². The van der Waals surface area contributed by atoms with E-state index in [0.29, 0.717) is 50.3 Å². The van der Waals surface area contributed by atoms with Gasteiger partial charge < -0.3 is 29.2 Å². The number of pyridine rings is 1. The van der Waals surface area contributed by atoms with Crippen molar-refractivity contribution in [1.82, 2.24) is 9.88 Å². The summed E-state index contributed by atoms with van der Waals surface area (Å²) >= 11 is 0. The largest absolute Gasteiger partial charge is 0.495 e. The number of nitrogens with one attached hydrogen (secondary N) is 2. The van der Waals surface area contributed by atoms with Crippen LogP contribution in [-0.4, -0.2) is 57.3 Å². The molecule has 1 aromatic heterocycles. The molecule has 226 valence electrons. The van der Waals surface area contributed by atoms with Crippen LogP contribution in [-0.2, 0) is 19.4 Å². The number of H-pyrrole nitrogens is 1. The SMILES string of the molecule is COc1cc2c(c(OC)c1OC)CN(CCc1ccc(NC(=O)c3cccc4c(=O)c5cccc(OC)c5[nH]c34)cc1)CC2. The first-order valence-corrected chi connectivity index (χ1v) is 14.5. The first kappa shape index (κ1) is 29.1. The van der Waals surface area contributed by atoms with E-state index in [1.807, 2.05) is 24.3 Å². The molecule has 0 spiro atoms. The molecule has 44 heavy (non-hydrogen) atoms. The third-order valence-electron chi connectivity index (χ3n) is 8.33. The Bertz CT molecular complexity index is 1920. The zero-order chi connectivity index (χ0) is 30.8. The van der Waals surface area contributed by atoms with Gasteiger partial charge in [0.2, 0.25) is 5.75 Å². The van der Waals surface area contributed by atoms with Gasteiger partial charge in [-0.2, -0.15) is 0 Å². The number of aromatic amines is 1. The van der Waals surface area contributed by atoms with Crippen LogP contribution in [0.5, 0.6) is 23.0 Å². The molecule has 1 aliphatic rings. The van der Waals surface area contributed by atoms with Gasteiger partial charge >= 0.3 is 0 Å². The number of fused-ring (bicyclic) bond motifs is 3. The molecule has 4 aromatic carbocycles. The Balaban J connectivity index is 1.15. The van der Waals surface area contributed by atoms with Crippen molar-refractivity contribution in [3.63, 3.8) is 0 Å². The van der Waals surface area contributed by atoms with E-state index >= 15 is 0 Å². The molecule has 2 heterocycles. The molecule has 0 aliphatic carbocycles. The molecule has 1 amide bonds. The van der Waals surface area contributed by atoms with Crippen molar-refractivity contribution in [2.24, 2.45) is 0 Å². The standard InChI is InChI=1S/C35H35N3O6/c1-41-28-10-6-8-25-31(28)37-30-24(32(25)39)7-5-9-26(30)35(40)36-23-13-11-21(12-14-23)15-17-38-18-16-22-19-29(42-2)34(44-4)33(43-3)27(22)20-38/h5-14,19H,15-18,20H2,1-4H3,(H,36,40)(H,37,39). The van der Waals surface area contributed by atoms with E-state index in [1.165, 1.54) is 11.1 Å². The van der Waals surface area contributed by atoms with Crippen LogP contribution in [0.2, 0.25) is 0 Å². The number of benzene rings is 4. The van der Waals surface area contributed by atoms with E-state index in [4.69, 9.17) is 18.9 Å². The lowest BCUT2D eigenvalue weighted by Crippen LogP contribution is -2.32. The number of aromatic nitrogens is 1. The summed E-state index contributed by atoms with van der Waals surface area (Å²) in [5.41, 5.74) is 5.46. The van der Waals surface area contributed by atoms with Gasteiger partial charge in [-0.15, -0.1) is 0 Å². The van der Waals surface area contributed by atoms with Gasteiger partial charge in [0.25, 0.3) is 5.91 Å². The van der Waals surface area contributed by atoms with E-state index in [0.717, 1.165) is 43.8 Å². The van der Waals surface area contributed by atoms with Gasteiger partial charge in [-0.3, -0.25) is 14.5 Å². The highest BCUT2D eigenvalue weighted by Crippen LogP contribution is 2.43. The molecule has 5 aromatic rings. The number of rotatable bonds is 9. The first-order chi connectivity index (χ1) is 21.4. The zero-order valence-electron chi connectivity index (χ0n) is 25.3. The number of nitrogens with zero attached hydrogens (tertiary/aromatic N) is 1. The highest BCUT2D eigenvalue weighted by atomic mass is 16.5. The molecule has 0 bridgehead atoms. The number of hydrogen-bond acceptors (Lipinski definition) is 7. The third kappa shape index (κ3) is 5.31. The monoisotopic (exact) mass is 593 g/mol.